The van der Waals surface area contributed by atoms with E-state index in [4.69, 9.17) is 9.97 Å². The van der Waals surface area contributed by atoms with Gasteiger partial charge in [-0.3, -0.25) is 4.98 Å². The molecular weight excluding hydrogens is 486 g/mol. The van der Waals surface area contributed by atoms with Crippen LogP contribution in [0.15, 0.2) is 140 Å². The summed E-state index contributed by atoms with van der Waals surface area (Å²) in [7, 11) is 0. The first-order valence-electron chi connectivity index (χ1n) is 13.5. The third-order valence-electron chi connectivity index (χ3n) is 7.71. The molecule has 0 spiro atoms. The minimum Gasteiger partial charge on any atom is -0.256 e. The number of fused-ring (bicyclic) bond motifs is 5. The van der Waals surface area contributed by atoms with E-state index >= 15 is 0 Å². The predicted molar refractivity (Wildman–Crippen MR) is 166 cm³/mol. The van der Waals surface area contributed by atoms with Gasteiger partial charge in [0.1, 0.15) is 0 Å². The lowest BCUT2D eigenvalue weighted by Gasteiger charge is -2.10. The first-order valence-corrected chi connectivity index (χ1v) is 13.5. The van der Waals surface area contributed by atoms with Crippen LogP contribution in [-0.4, -0.2) is 15.0 Å². The summed E-state index contributed by atoms with van der Waals surface area (Å²) in [6, 6.07) is 46.6. The van der Waals surface area contributed by atoms with Gasteiger partial charge in [-0.1, -0.05) is 115 Å². The number of nitrogens with zero attached hydrogens (tertiary/aromatic N) is 3. The summed E-state index contributed by atoms with van der Waals surface area (Å²) in [5.74, 6) is 0. The van der Waals surface area contributed by atoms with Crippen molar-refractivity contribution in [2.45, 2.75) is 0 Å². The summed E-state index contributed by atoms with van der Waals surface area (Å²) >= 11 is 0. The fourth-order valence-electron chi connectivity index (χ4n) is 5.68. The van der Waals surface area contributed by atoms with Gasteiger partial charge in [-0.25, -0.2) is 9.97 Å². The van der Waals surface area contributed by atoms with Gasteiger partial charge in [-0.05, 0) is 34.5 Å². The molecule has 0 atom stereocenters. The van der Waals surface area contributed by atoms with Crippen LogP contribution < -0.4 is 0 Å². The zero-order chi connectivity index (χ0) is 26.5. The van der Waals surface area contributed by atoms with E-state index in [2.05, 4.69) is 132 Å². The Balaban J connectivity index is 1.24. The van der Waals surface area contributed by atoms with Crippen molar-refractivity contribution >= 4 is 43.5 Å². The van der Waals surface area contributed by atoms with Crippen LogP contribution in [0.3, 0.4) is 0 Å². The molecule has 0 unspecified atom stereocenters. The van der Waals surface area contributed by atoms with E-state index in [0.717, 1.165) is 66.4 Å². The number of hydrogen-bond donors (Lipinski definition) is 0. The predicted octanol–water partition coefficient (Wildman–Crippen LogP) is 9.49. The van der Waals surface area contributed by atoms with Crippen LogP contribution in [0.25, 0.3) is 77.1 Å². The Morgan fingerprint density at radius 3 is 1.75 bits per heavy atom. The number of rotatable bonds is 3. The standard InChI is InChI=1S/C37H23N3/c1-2-10-30-24(6-1)7-3-12-32(30)34-22-20-29-18-17-28-19-21-33(39-36(28)37(29)40-34)26-15-13-25(14-16-26)31-11-4-8-27-9-5-23-38-35(27)31/h1-23H. The van der Waals surface area contributed by atoms with Gasteiger partial charge in [0.25, 0.3) is 0 Å². The van der Waals surface area contributed by atoms with Gasteiger partial charge in [-0.15, -0.1) is 0 Å². The van der Waals surface area contributed by atoms with Gasteiger partial charge in [0.2, 0.25) is 0 Å². The summed E-state index contributed by atoms with van der Waals surface area (Å²) in [5.41, 5.74) is 9.21. The Bertz CT molecular complexity index is 2200. The molecule has 0 saturated heterocycles. The lowest BCUT2D eigenvalue weighted by atomic mass is 9.99. The number of aromatic nitrogens is 3. The van der Waals surface area contributed by atoms with Crippen molar-refractivity contribution in [1.29, 1.82) is 0 Å². The molecule has 186 valence electrons. The molecule has 0 saturated carbocycles. The van der Waals surface area contributed by atoms with E-state index in [9.17, 15) is 0 Å². The normalized spacial score (nSPS) is 11.5. The minimum atomic E-state index is 0.916. The van der Waals surface area contributed by atoms with Gasteiger partial charge >= 0.3 is 0 Å². The maximum atomic E-state index is 5.17. The van der Waals surface area contributed by atoms with Crippen molar-refractivity contribution in [3.05, 3.63) is 140 Å². The molecule has 8 aromatic rings. The van der Waals surface area contributed by atoms with Crippen molar-refractivity contribution in [1.82, 2.24) is 15.0 Å². The highest BCUT2D eigenvalue weighted by atomic mass is 14.8. The van der Waals surface area contributed by atoms with E-state index < -0.39 is 0 Å². The molecule has 0 aliphatic heterocycles. The minimum absolute atomic E-state index is 0.916. The van der Waals surface area contributed by atoms with Crippen molar-refractivity contribution < 1.29 is 0 Å². The van der Waals surface area contributed by atoms with E-state index in [0.29, 0.717) is 0 Å². The smallest absolute Gasteiger partial charge is 0.0972 e. The molecule has 0 bridgehead atoms. The summed E-state index contributed by atoms with van der Waals surface area (Å²) in [6.07, 6.45) is 1.85. The van der Waals surface area contributed by atoms with Crippen molar-refractivity contribution in [3.8, 4) is 33.6 Å². The summed E-state index contributed by atoms with van der Waals surface area (Å²) in [5, 5.41) is 5.72. The number of pyridine rings is 3. The second-order valence-corrected chi connectivity index (χ2v) is 10.1. The quantitative estimate of drug-likeness (QED) is 0.223. The highest BCUT2D eigenvalue weighted by Crippen LogP contribution is 2.33. The molecule has 3 heterocycles. The summed E-state index contributed by atoms with van der Waals surface area (Å²) in [6.45, 7) is 0. The van der Waals surface area contributed by atoms with Crippen LogP contribution in [0.1, 0.15) is 0 Å². The Hall–Kier alpha value is -5.41. The Labute approximate surface area is 231 Å². The van der Waals surface area contributed by atoms with Crippen molar-refractivity contribution in [2.75, 3.05) is 0 Å². The van der Waals surface area contributed by atoms with E-state index in [1.165, 1.54) is 10.8 Å². The number of benzene rings is 5. The van der Waals surface area contributed by atoms with Crippen molar-refractivity contribution in [2.24, 2.45) is 0 Å². The second kappa shape index (κ2) is 9.11. The third kappa shape index (κ3) is 3.71. The molecule has 0 amide bonds. The third-order valence-corrected chi connectivity index (χ3v) is 7.71. The first kappa shape index (κ1) is 22.6. The highest BCUT2D eigenvalue weighted by Gasteiger charge is 2.11. The van der Waals surface area contributed by atoms with E-state index in [1.54, 1.807) is 0 Å². The molecule has 3 aromatic heterocycles. The van der Waals surface area contributed by atoms with Crippen LogP contribution in [0, 0.1) is 0 Å². The van der Waals surface area contributed by atoms with Crippen LogP contribution in [0.2, 0.25) is 0 Å². The average Bonchev–Trinajstić information content (AvgIpc) is 3.04. The first-order chi connectivity index (χ1) is 19.8. The largest absolute Gasteiger partial charge is 0.256 e. The molecule has 0 N–H and O–H groups in total. The van der Waals surface area contributed by atoms with E-state index in [-0.39, 0.29) is 0 Å². The Kier molecular flexibility index (Phi) is 5.14. The molecule has 0 aliphatic rings. The molecule has 5 aromatic carbocycles. The van der Waals surface area contributed by atoms with Crippen LogP contribution >= 0.6 is 0 Å². The molecular formula is C37H23N3. The number of para-hydroxylation sites is 1. The maximum Gasteiger partial charge on any atom is 0.0972 e. The van der Waals surface area contributed by atoms with Crippen LogP contribution in [-0.2, 0) is 0 Å². The van der Waals surface area contributed by atoms with Gasteiger partial charge in [0, 0.05) is 39.0 Å². The lowest BCUT2D eigenvalue weighted by molar-refractivity contribution is 1.37. The fourth-order valence-corrected chi connectivity index (χ4v) is 5.68. The van der Waals surface area contributed by atoms with Crippen LogP contribution in [0.5, 0.6) is 0 Å². The molecule has 0 fully saturated rings. The summed E-state index contributed by atoms with van der Waals surface area (Å²) in [4.78, 5) is 14.9. The fraction of sp³-hybridized carbons (Fsp3) is 0. The number of hydrogen-bond acceptors (Lipinski definition) is 3. The molecule has 0 aliphatic carbocycles. The SMILES string of the molecule is c1ccc2c(-c3ccc4ccc5ccc(-c6ccc(-c7cccc8cccnc78)cc6)nc5c4n3)cccc2c1. The summed E-state index contributed by atoms with van der Waals surface area (Å²) < 4.78 is 0. The molecule has 8 rings (SSSR count). The monoisotopic (exact) mass is 509 g/mol. The topological polar surface area (TPSA) is 38.7 Å². The van der Waals surface area contributed by atoms with Gasteiger partial charge in [-0.2, -0.15) is 0 Å². The molecule has 3 heteroatoms. The van der Waals surface area contributed by atoms with Gasteiger partial charge in [0.05, 0.1) is 27.9 Å². The van der Waals surface area contributed by atoms with Crippen LogP contribution in [0.4, 0.5) is 0 Å². The molecule has 3 nitrogen and oxygen atoms in total. The molecule has 40 heavy (non-hydrogen) atoms. The zero-order valence-electron chi connectivity index (χ0n) is 21.6. The van der Waals surface area contributed by atoms with Gasteiger partial charge in [0.15, 0.2) is 0 Å². The second-order valence-electron chi connectivity index (χ2n) is 10.1. The average molecular weight is 510 g/mol. The zero-order valence-corrected chi connectivity index (χ0v) is 21.6. The molecule has 0 radical (unpaired) electrons. The highest BCUT2D eigenvalue weighted by molar-refractivity contribution is 6.05. The van der Waals surface area contributed by atoms with E-state index in [1.807, 2.05) is 12.3 Å². The Morgan fingerprint density at radius 2 is 0.925 bits per heavy atom. The van der Waals surface area contributed by atoms with Gasteiger partial charge < -0.3 is 0 Å². The maximum absolute atomic E-state index is 5.17. The Morgan fingerprint density at radius 1 is 0.350 bits per heavy atom. The lowest BCUT2D eigenvalue weighted by Crippen LogP contribution is -1.91. The van der Waals surface area contributed by atoms with Crippen molar-refractivity contribution in [3.63, 3.8) is 0 Å².